The average Bonchev–Trinajstić information content (AvgIpc) is 3.37. The van der Waals surface area contributed by atoms with E-state index in [0.29, 0.717) is 0 Å². The Morgan fingerprint density at radius 1 is 1.08 bits per heavy atom. The molecule has 2 aromatic heterocycles. The largest absolute Gasteiger partial charge is 0.343 e. The Morgan fingerprint density at radius 3 is 2.54 bits per heavy atom. The molecular formula is C21H23ClN2. The Bertz CT molecular complexity index is 874. The Morgan fingerprint density at radius 2 is 1.83 bits per heavy atom. The van der Waals surface area contributed by atoms with Gasteiger partial charge in [-0.1, -0.05) is 36.4 Å². The van der Waals surface area contributed by atoms with Gasteiger partial charge in [0.1, 0.15) is 0 Å². The second-order valence-electron chi connectivity index (χ2n) is 6.60. The van der Waals surface area contributed by atoms with E-state index in [4.69, 9.17) is 0 Å². The average molecular weight is 339 g/mol. The molecule has 1 fully saturated rings. The number of fused-ring (bicyclic) bond motifs is 1. The van der Waals surface area contributed by atoms with Crippen LogP contribution in [0.15, 0.2) is 42.6 Å². The van der Waals surface area contributed by atoms with E-state index in [-0.39, 0.29) is 12.4 Å². The van der Waals surface area contributed by atoms with E-state index < -0.39 is 0 Å². The third-order valence-corrected chi connectivity index (χ3v) is 4.94. The number of nitrogens with zero attached hydrogens (tertiary/aromatic N) is 2. The third-order valence-electron chi connectivity index (χ3n) is 4.94. The number of rotatable bonds is 4. The monoisotopic (exact) mass is 338 g/mol. The van der Waals surface area contributed by atoms with Crippen molar-refractivity contribution >= 4 is 35.5 Å². The van der Waals surface area contributed by atoms with E-state index in [1.807, 2.05) is 12.3 Å². The molecule has 2 heterocycles. The molecule has 0 saturated heterocycles. The summed E-state index contributed by atoms with van der Waals surface area (Å²) in [6.45, 7) is 5.60. The molecule has 0 radical (unpaired) electrons. The predicted molar refractivity (Wildman–Crippen MR) is 105 cm³/mol. The zero-order valence-corrected chi connectivity index (χ0v) is 15.0. The van der Waals surface area contributed by atoms with Crippen molar-refractivity contribution in [3.63, 3.8) is 0 Å². The first kappa shape index (κ1) is 16.8. The summed E-state index contributed by atoms with van der Waals surface area (Å²) in [5.74, 6) is 0.856. The van der Waals surface area contributed by atoms with Crippen LogP contribution in [-0.4, -0.2) is 9.55 Å². The maximum Gasteiger partial charge on any atom is 0.0872 e. The Hall–Kier alpha value is -2.06. The summed E-state index contributed by atoms with van der Waals surface area (Å²) in [5, 5.41) is 1.34. The van der Waals surface area contributed by atoms with E-state index in [1.165, 1.54) is 40.6 Å². The molecule has 0 bridgehead atoms. The number of hydrogen-bond acceptors (Lipinski definition) is 1. The normalized spacial score (nSPS) is 14.2. The highest BCUT2D eigenvalue weighted by molar-refractivity contribution is 5.92. The molecule has 1 saturated carbocycles. The van der Waals surface area contributed by atoms with Crippen molar-refractivity contribution in [3.05, 3.63) is 65.1 Å². The molecule has 0 atom stereocenters. The Kier molecular flexibility index (Phi) is 4.77. The molecule has 0 amide bonds. The number of halogens is 1. The number of benzene rings is 1. The zero-order chi connectivity index (χ0) is 15.8. The fourth-order valence-electron chi connectivity index (χ4n) is 3.27. The van der Waals surface area contributed by atoms with Crippen LogP contribution in [0.2, 0.25) is 0 Å². The van der Waals surface area contributed by atoms with Crippen molar-refractivity contribution in [2.24, 2.45) is 5.92 Å². The number of aryl methyl sites for hydroxylation is 1. The van der Waals surface area contributed by atoms with Crippen LogP contribution in [0.3, 0.4) is 0 Å². The molecule has 1 aromatic carbocycles. The zero-order valence-electron chi connectivity index (χ0n) is 14.2. The highest BCUT2D eigenvalue weighted by Crippen LogP contribution is 2.35. The van der Waals surface area contributed by atoms with Crippen molar-refractivity contribution in [3.8, 4) is 0 Å². The van der Waals surface area contributed by atoms with Crippen LogP contribution in [0, 0.1) is 19.8 Å². The van der Waals surface area contributed by atoms with E-state index in [2.05, 4.69) is 65.9 Å². The Labute approximate surface area is 149 Å². The lowest BCUT2D eigenvalue weighted by atomic mass is 10.1. The number of hydrogen-bond donors (Lipinski definition) is 0. The number of aromatic nitrogens is 2. The fourth-order valence-corrected chi connectivity index (χ4v) is 3.27. The lowest BCUT2D eigenvalue weighted by Crippen LogP contribution is -2.03. The second kappa shape index (κ2) is 6.82. The lowest BCUT2D eigenvalue weighted by molar-refractivity contribution is 0.631. The van der Waals surface area contributed by atoms with E-state index in [1.54, 1.807) is 0 Å². The summed E-state index contributed by atoms with van der Waals surface area (Å²) in [5.41, 5.74) is 6.34. The van der Waals surface area contributed by atoms with Crippen LogP contribution in [0.4, 0.5) is 0 Å². The molecule has 0 N–H and O–H groups in total. The van der Waals surface area contributed by atoms with Gasteiger partial charge in [-0.25, -0.2) is 0 Å². The van der Waals surface area contributed by atoms with Crippen molar-refractivity contribution in [1.29, 1.82) is 0 Å². The van der Waals surface area contributed by atoms with Crippen LogP contribution in [-0.2, 0) is 6.54 Å². The first-order valence-electron chi connectivity index (χ1n) is 8.41. The van der Waals surface area contributed by atoms with Crippen molar-refractivity contribution in [2.75, 3.05) is 0 Å². The molecule has 124 valence electrons. The van der Waals surface area contributed by atoms with Crippen LogP contribution in [0.1, 0.15) is 35.4 Å². The minimum Gasteiger partial charge on any atom is -0.343 e. The maximum atomic E-state index is 4.66. The highest BCUT2D eigenvalue weighted by Gasteiger charge is 2.24. The molecule has 24 heavy (non-hydrogen) atoms. The molecule has 0 unspecified atom stereocenters. The quantitative estimate of drug-likeness (QED) is 0.600. The SMILES string of the molecule is Cc1c(C)n(CC2CC2)c2c(/C=C/c3ccccc3)nccc12.Cl. The highest BCUT2D eigenvalue weighted by atomic mass is 35.5. The van der Waals surface area contributed by atoms with Gasteiger partial charge in [0, 0.05) is 23.8 Å². The molecule has 1 aliphatic carbocycles. The second-order valence-corrected chi connectivity index (χ2v) is 6.60. The summed E-state index contributed by atoms with van der Waals surface area (Å²) >= 11 is 0. The maximum absolute atomic E-state index is 4.66. The Balaban J connectivity index is 0.00000169. The molecular weight excluding hydrogens is 316 g/mol. The summed E-state index contributed by atoms with van der Waals surface area (Å²) in [6, 6.07) is 12.6. The molecule has 1 aliphatic rings. The molecule has 3 aromatic rings. The first-order chi connectivity index (χ1) is 11.2. The van der Waals surface area contributed by atoms with E-state index >= 15 is 0 Å². The van der Waals surface area contributed by atoms with Gasteiger partial charge < -0.3 is 4.57 Å². The van der Waals surface area contributed by atoms with Crippen molar-refractivity contribution < 1.29 is 0 Å². The molecule has 2 nitrogen and oxygen atoms in total. The van der Waals surface area contributed by atoms with E-state index in [0.717, 1.165) is 18.2 Å². The van der Waals surface area contributed by atoms with Crippen LogP contribution in [0.25, 0.3) is 23.1 Å². The van der Waals surface area contributed by atoms with E-state index in [9.17, 15) is 0 Å². The van der Waals surface area contributed by atoms with Gasteiger partial charge >= 0.3 is 0 Å². The third kappa shape index (κ3) is 3.11. The van der Waals surface area contributed by atoms with Gasteiger partial charge in [0.05, 0.1) is 11.2 Å². The molecule has 0 aliphatic heterocycles. The fraction of sp³-hybridized carbons (Fsp3) is 0.286. The number of pyridine rings is 1. The summed E-state index contributed by atoms with van der Waals surface area (Å²) in [4.78, 5) is 4.66. The van der Waals surface area contributed by atoms with Crippen LogP contribution >= 0.6 is 12.4 Å². The van der Waals surface area contributed by atoms with Gasteiger partial charge in [-0.2, -0.15) is 0 Å². The van der Waals surface area contributed by atoms with Crippen LogP contribution in [0.5, 0.6) is 0 Å². The van der Waals surface area contributed by atoms with Crippen LogP contribution < -0.4 is 0 Å². The lowest BCUT2D eigenvalue weighted by Gasteiger charge is -2.09. The predicted octanol–water partition coefficient (Wildman–Crippen LogP) is 5.66. The van der Waals surface area contributed by atoms with Gasteiger partial charge in [0.15, 0.2) is 0 Å². The van der Waals surface area contributed by atoms with Gasteiger partial charge in [-0.05, 0) is 55.9 Å². The standard InChI is InChI=1S/C21H22N2.ClH/c1-15-16(2)23(14-18-8-9-18)21-19(15)12-13-22-20(21)11-10-17-6-4-3-5-7-17;/h3-7,10-13,18H,8-9,14H2,1-2H3;1H/b11-10+;. The smallest absolute Gasteiger partial charge is 0.0872 e. The summed E-state index contributed by atoms with van der Waals surface area (Å²) in [7, 11) is 0. The van der Waals surface area contributed by atoms with Gasteiger partial charge in [-0.15, -0.1) is 12.4 Å². The minimum atomic E-state index is 0. The van der Waals surface area contributed by atoms with Gasteiger partial charge in [-0.3, -0.25) is 4.98 Å². The topological polar surface area (TPSA) is 17.8 Å². The minimum absolute atomic E-state index is 0. The molecule has 0 spiro atoms. The van der Waals surface area contributed by atoms with Gasteiger partial charge in [0.25, 0.3) is 0 Å². The van der Waals surface area contributed by atoms with Crippen molar-refractivity contribution in [1.82, 2.24) is 9.55 Å². The summed E-state index contributed by atoms with van der Waals surface area (Å²) < 4.78 is 2.49. The summed E-state index contributed by atoms with van der Waals surface area (Å²) in [6.07, 6.45) is 8.98. The van der Waals surface area contributed by atoms with Crippen molar-refractivity contribution in [2.45, 2.75) is 33.2 Å². The molecule has 3 heteroatoms. The molecule has 4 rings (SSSR count). The van der Waals surface area contributed by atoms with Gasteiger partial charge in [0.2, 0.25) is 0 Å². The first-order valence-corrected chi connectivity index (χ1v) is 8.41.